The molecule has 0 spiro atoms. The fourth-order valence-electron chi connectivity index (χ4n) is 2.53. The first kappa shape index (κ1) is 13.3. The van der Waals surface area contributed by atoms with E-state index in [9.17, 15) is 4.39 Å². The quantitative estimate of drug-likeness (QED) is 0.928. The second-order valence-electron chi connectivity index (χ2n) is 5.09. The number of halogens is 1. The van der Waals surface area contributed by atoms with Crippen molar-refractivity contribution in [2.45, 2.75) is 19.1 Å². The van der Waals surface area contributed by atoms with E-state index in [0.29, 0.717) is 0 Å². The Bertz CT molecular complexity index is 527. The number of benzene rings is 1. The van der Waals surface area contributed by atoms with Crippen molar-refractivity contribution in [2.24, 2.45) is 0 Å². The number of H-pyrrole nitrogens is 1. The Morgan fingerprint density at radius 2 is 2.20 bits per heavy atom. The van der Waals surface area contributed by atoms with Gasteiger partial charge in [-0.2, -0.15) is 0 Å². The van der Waals surface area contributed by atoms with Crippen LogP contribution in [-0.2, 0) is 17.7 Å². The van der Waals surface area contributed by atoms with Gasteiger partial charge in [0, 0.05) is 25.5 Å². The molecular weight excluding hydrogens is 257 g/mol. The first-order valence-electron chi connectivity index (χ1n) is 6.86. The van der Waals surface area contributed by atoms with Gasteiger partial charge in [0.1, 0.15) is 11.6 Å². The molecule has 20 heavy (non-hydrogen) atoms. The van der Waals surface area contributed by atoms with Crippen LogP contribution in [0.2, 0.25) is 0 Å². The molecule has 3 rings (SSSR count). The van der Waals surface area contributed by atoms with Crippen molar-refractivity contribution in [3.63, 3.8) is 0 Å². The van der Waals surface area contributed by atoms with E-state index in [4.69, 9.17) is 4.74 Å². The Hall–Kier alpha value is -1.72. The molecule has 0 aliphatic carbocycles. The lowest BCUT2D eigenvalue weighted by atomic mass is 10.1. The van der Waals surface area contributed by atoms with Gasteiger partial charge in [-0.15, -0.1) is 0 Å². The molecule has 0 unspecified atom stereocenters. The van der Waals surface area contributed by atoms with E-state index in [1.165, 1.54) is 12.1 Å². The van der Waals surface area contributed by atoms with Gasteiger partial charge in [0.2, 0.25) is 0 Å². The summed E-state index contributed by atoms with van der Waals surface area (Å²) in [5.74, 6) is 0.783. The van der Waals surface area contributed by atoms with Gasteiger partial charge in [-0.3, -0.25) is 4.90 Å². The number of aromatic amines is 1. The van der Waals surface area contributed by atoms with Gasteiger partial charge in [-0.1, -0.05) is 12.1 Å². The van der Waals surface area contributed by atoms with Gasteiger partial charge < -0.3 is 9.72 Å². The lowest BCUT2D eigenvalue weighted by Gasteiger charge is -2.32. The largest absolute Gasteiger partial charge is 0.375 e. The third-order valence-corrected chi connectivity index (χ3v) is 3.53. The summed E-state index contributed by atoms with van der Waals surface area (Å²) in [6.07, 6.45) is 4.58. The Morgan fingerprint density at radius 1 is 1.35 bits per heavy atom. The third-order valence-electron chi connectivity index (χ3n) is 3.53. The molecular formula is C15H18FN3O. The monoisotopic (exact) mass is 275 g/mol. The Balaban J connectivity index is 1.56. The highest BCUT2D eigenvalue weighted by Gasteiger charge is 2.21. The van der Waals surface area contributed by atoms with Gasteiger partial charge in [-0.25, -0.2) is 9.37 Å². The maximum absolute atomic E-state index is 12.9. The summed E-state index contributed by atoms with van der Waals surface area (Å²) in [6.45, 7) is 3.33. The van der Waals surface area contributed by atoms with Gasteiger partial charge in [0.15, 0.2) is 0 Å². The number of hydrogen-bond acceptors (Lipinski definition) is 3. The number of rotatable bonds is 4. The second-order valence-corrected chi connectivity index (χ2v) is 5.09. The summed E-state index contributed by atoms with van der Waals surface area (Å²) < 4.78 is 18.7. The van der Waals surface area contributed by atoms with Crippen molar-refractivity contribution >= 4 is 0 Å². The Labute approximate surface area is 117 Å². The molecule has 2 aromatic rings. The molecule has 1 N–H and O–H groups in total. The van der Waals surface area contributed by atoms with Gasteiger partial charge in [-0.05, 0) is 24.1 Å². The van der Waals surface area contributed by atoms with Crippen molar-refractivity contribution in [1.82, 2.24) is 14.9 Å². The number of nitrogens with zero attached hydrogens (tertiary/aromatic N) is 2. The molecule has 1 aliphatic rings. The van der Waals surface area contributed by atoms with Crippen LogP contribution in [-0.4, -0.2) is 40.7 Å². The molecule has 5 heteroatoms. The lowest BCUT2D eigenvalue weighted by Crippen LogP contribution is -2.43. The minimum atomic E-state index is -0.197. The van der Waals surface area contributed by atoms with E-state index < -0.39 is 0 Å². The summed E-state index contributed by atoms with van der Waals surface area (Å²) in [7, 11) is 0. The molecule has 0 radical (unpaired) electrons. The number of ether oxygens (including phenoxy) is 1. The molecule has 1 aromatic heterocycles. The van der Waals surface area contributed by atoms with Crippen molar-refractivity contribution in [3.8, 4) is 0 Å². The van der Waals surface area contributed by atoms with Gasteiger partial charge >= 0.3 is 0 Å². The van der Waals surface area contributed by atoms with Crippen LogP contribution in [0.3, 0.4) is 0 Å². The van der Waals surface area contributed by atoms with E-state index in [-0.39, 0.29) is 11.9 Å². The molecule has 2 heterocycles. The van der Waals surface area contributed by atoms with E-state index >= 15 is 0 Å². The minimum Gasteiger partial charge on any atom is -0.375 e. The highest BCUT2D eigenvalue weighted by molar-refractivity contribution is 5.17. The van der Waals surface area contributed by atoms with E-state index in [0.717, 1.165) is 44.0 Å². The zero-order valence-electron chi connectivity index (χ0n) is 11.3. The summed E-state index contributed by atoms with van der Waals surface area (Å²) in [5, 5.41) is 0. The first-order valence-corrected chi connectivity index (χ1v) is 6.86. The van der Waals surface area contributed by atoms with Crippen LogP contribution in [0.4, 0.5) is 4.39 Å². The standard InChI is InChI=1S/C15H18FN3O/c16-13-3-1-12(2-4-13)9-14-10-19(7-8-20-14)11-15-17-5-6-18-15/h1-6,14H,7-11H2,(H,17,18)/t14-/m1/s1. The number of morpholine rings is 1. The topological polar surface area (TPSA) is 41.2 Å². The third kappa shape index (κ3) is 3.43. The van der Waals surface area contributed by atoms with Crippen LogP contribution < -0.4 is 0 Å². The fraction of sp³-hybridized carbons (Fsp3) is 0.400. The molecule has 1 atom stereocenters. The number of hydrogen-bond donors (Lipinski definition) is 1. The molecule has 106 valence electrons. The van der Waals surface area contributed by atoms with E-state index in [2.05, 4.69) is 14.9 Å². The average molecular weight is 275 g/mol. The van der Waals surface area contributed by atoms with Crippen molar-refractivity contribution in [3.05, 3.63) is 53.9 Å². The molecule has 0 bridgehead atoms. The highest BCUT2D eigenvalue weighted by atomic mass is 19.1. The average Bonchev–Trinajstić information content (AvgIpc) is 2.95. The zero-order chi connectivity index (χ0) is 13.8. The Kier molecular flexibility index (Phi) is 4.08. The predicted octanol–water partition coefficient (Wildman–Crippen LogP) is 1.99. The summed E-state index contributed by atoms with van der Waals surface area (Å²) in [4.78, 5) is 9.70. The normalized spacial score (nSPS) is 20.1. The summed E-state index contributed by atoms with van der Waals surface area (Å²) in [5.41, 5.74) is 1.11. The molecule has 4 nitrogen and oxygen atoms in total. The lowest BCUT2D eigenvalue weighted by molar-refractivity contribution is -0.0311. The highest BCUT2D eigenvalue weighted by Crippen LogP contribution is 2.13. The molecule has 1 saturated heterocycles. The number of imidazole rings is 1. The molecule has 1 aromatic carbocycles. The van der Waals surface area contributed by atoms with E-state index in [1.807, 2.05) is 18.3 Å². The van der Waals surface area contributed by atoms with Gasteiger partial charge in [0.25, 0.3) is 0 Å². The minimum absolute atomic E-state index is 0.157. The van der Waals surface area contributed by atoms with Gasteiger partial charge in [0.05, 0.1) is 19.3 Å². The zero-order valence-corrected chi connectivity index (χ0v) is 11.3. The first-order chi connectivity index (χ1) is 9.79. The maximum Gasteiger partial charge on any atom is 0.123 e. The van der Waals surface area contributed by atoms with Crippen LogP contribution in [0.1, 0.15) is 11.4 Å². The van der Waals surface area contributed by atoms with Crippen LogP contribution in [0.25, 0.3) is 0 Å². The fourth-order valence-corrected chi connectivity index (χ4v) is 2.53. The number of nitrogens with one attached hydrogen (secondary N) is 1. The van der Waals surface area contributed by atoms with Crippen LogP contribution in [0.15, 0.2) is 36.7 Å². The van der Waals surface area contributed by atoms with Crippen LogP contribution >= 0.6 is 0 Å². The second kappa shape index (κ2) is 6.15. The van der Waals surface area contributed by atoms with E-state index in [1.54, 1.807) is 6.20 Å². The summed E-state index contributed by atoms with van der Waals surface area (Å²) >= 11 is 0. The molecule has 0 saturated carbocycles. The smallest absolute Gasteiger partial charge is 0.123 e. The SMILES string of the molecule is Fc1ccc(C[C@@H]2CN(Cc3ncc[nH]3)CCO2)cc1. The van der Waals surface area contributed by atoms with Crippen molar-refractivity contribution < 1.29 is 9.13 Å². The predicted molar refractivity (Wildman–Crippen MR) is 73.7 cm³/mol. The van der Waals surface area contributed by atoms with Crippen LogP contribution in [0.5, 0.6) is 0 Å². The molecule has 1 fully saturated rings. The van der Waals surface area contributed by atoms with Crippen molar-refractivity contribution in [2.75, 3.05) is 19.7 Å². The maximum atomic E-state index is 12.9. The number of aromatic nitrogens is 2. The van der Waals surface area contributed by atoms with Crippen LogP contribution in [0, 0.1) is 5.82 Å². The Morgan fingerprint density at radius 3 is 2.95 bits per heavy atom. The summed E-state index contributed by atoms with van der Waals surface area (Å²) in [6, 6.07) is 6.64. The molecule has 1 aliphatic heterocycles. The molecule has 0 amide bonds. The van der Waals surface area contributed by atoms with Crippen molar-refractivity contribution in [1.29, 1.82) is 0 Å².